The highest BCUT2D eigenvalue weighted by atomic mass is 16.5. The number of aromatic hydroxyl groups is 1. The van der Waals surface area contributed by atoms with Gasteiger partial charge in [0, 0.05) is 12.1 Å². The highest BCUT2D eigenvalue weighted by Crippen LogP contribution is 2.16. The number of nitrogens with one attached hydrogen (secondary N) is 1. The number of carbonyl (C=O) groups excluding carboxylic acids is 1. The van der Waals surface area contributed by atoms with Crippen LogP contribution in [0.3, 0.4) is 0 Å². The number of carbonyl (C=O) groups is 1. The molecule has 0 spiro atoms. The monoisotopic (exact) mass is 265 g/mol. The van der Waals surface area contributed by atoms with Crippen LogP contribution in [-0.2, 0) is 16.1 Å². The van der Waals surface area contributed by atoms with Gasteiger partial charge >= 0.3 is 5.97 Å². The van der Waals surface area contributed by atoms with Crippen molar-refractivity contribution in [3.05, 3.63) is 29.8 Å². The van der Waals surface area contributed by atoms with Gasteiger partial charge < -0.3 is 15.2 Å². The first-order valence-electron chi connectivity index (χ1n) is 6.71. The molecule has 0 amide bonds. The minimum Gasteiger partial charge on any atom is -0.508 e. The second kappa shape index (κ2) is 7.79. The van der Waals surface area contributed by atoms with Gasteiger partial charge in [0.25, 0.3) is 0 Å². The lowest BCUT2D eigenvalue weighted by molar-refractivity contribution is -0.146. The van der Waals surface area contributed by atoms with E-state index in [1.54, 1.807) is 19.1 Å². The molecule has 1 atom stereocenters. The van der Waals surface area contributed by atoms with Crippen LogP contribution >= 0.6 is 0 Å². The largest absolute Gasteiger partial charge is 0.508 e. The zero-order valence-corrected chi connectivity index (χ0v) is 11.8. The molecule has 4 heteroatoms. The molecule has 0 heterocycles. The second-order valence-corrected chi connectivity index (χ2v) is 4.94. The molecule has 0 fully saturated rings. The van der Waals surface area contributed by atoms with Crippen molar-refractivity contribution < 1.29 is 14.6 Å². The van der Waals surface area contributed by atoms with Crippen molar-refractivity contribution in [3.8, 4) is 5.75 Å². The number of rotatable bonds is 7. The van der Waals surface area contributed by atoms with E-state index in [9.17, 15) is 9.90 Å². The maximum atomic E-state index is 11.8. The molecule has 0 radical (unpaired) electrons. The number of para-hydroxylation sites is 1. The molecule has 106 valence electrons. The summed E-state index contributed by atoms with van der Waals surface area (Å²) in [6, 6.07) is 6.77. The number of hydrogen-bond acceptors (Lipinski definition) is 4. The summed E-state index contributed by atoms with van der Waals surface area (Å²) in [5, 5.41) is 12.8. The van der Waals surface area contributed by atoms with Crippen molar-refractivity contribution in [1.82, 2.24) is 5.32 Å². The van der Waals surface area contributed by atoms with E-state index in [1.807, 2.05) is 12.1 Å². The predicted octanol–water partition coefficient (Wildman–Crippen LogP) is 2.46. The van der Waals surface area contributed by atoms with E-state index in [4.69, 9.17) is 4.74 Å². The quantitative estimate of drug-likeness (QED) is 0.744. The van der Waals surface area contributed by atoms with Gasteiger partial charge in [-0.15, -0.1) is 0 Å². The summed E-state index contributed by atoms with van der Waals surface area (Å²) in [5.74, 6) is 0.403. The van der Waals surface area contributed by atoms with E-state index in [-0.39, 0.29) is 17.8 Å². The molecule has 0 bridgehead atoms. The first-order chi connectivity index (χ1) is 9.04. The number of phenolic OH excluding ortho intramolecular Hbond substituents is 1. The van der Waals surface area contributed by atoms with E-state index < -0.39 is 0 Å². The van der Waals surface area contributed by atoms with Crippen molar-refractivity contribution in [1.29, 1.82) is 0 Å². The van der Waals surface area contributed by atoms with Crippen molar-refractivity contribution >= 4 is 5.97 Å². The van der Waals surface area contributed by atoms with Crippen LogP contribution in [0.4, 0.5) is 0 Å². The Morgan fingerprint density at radius 2 is 2.05 bits per heavy atom. The summed E-state index contributed by atoms with van der Waals surface area (Å²) in [4.78, 5) is 11.8. The molecular weight excluding hydrogens is 242 g/mol. The Labute approximate surface area is 114 Å². The highest BCUT2D eigenvalue weighted by molar-refractivity contribution is 5.75. The van der Waals surface area contributed by atoms with Gasteiger partial charge in [-0.1, -0.05) is 32.0 Å². The SMILES string of the molecule is CCOC(=O)[C@H](CC(C)C)NCc1ccccc1O. The smallest absolute Gasteiger partial charge is 0.323 e. The Morgan fingerprint density at radius 1 is 1.37 bits per heavy atom. The molecule has 1 aromatic rings. The standard InChI is InChI=1S/C15H23NO3/c1-4-19-15(18)13(9-11(2)3)16-10-12-7-5-6-8-14(12)17/h5-8,11,13,16-17H,4,9-10H2,1-3H3/t13-/m0/s1. The molecule has 0 saturated heterocycles. The minimum absolute atomic E-state index is 0.230. The van der Waals surface area contributed by atoms with Gasteiger partial charge in [0.15, 0.2) is 0 Å². The van der Waals surface area contributed by atoms with Gasteiger partial charge in [-0.05, 0) is 25.3 Å². The lowest BCUT2D eigenvalue weighted by Crippen LogP contribution is -2.38. The lowest BCUT2D eigenvalue weighted by atomic mass is 10.0. The van der Waals surface area contributed by atoms with Gasteiger partial charge in [0.05, 0.1) is 6.61 Å². The number of hydrogen-bond donors (Lipinski definition) is 2. The molecule has 0 aromatic heterocycles. The number of ether oxygens (including phenoxy) is 1. The second-order valence-electron chi connectivity index (χ2n) is 4.94. The van der Waals surface area contributed by atoms with E-state index in [1.165, 1.54) is 0 Å². The topological polar surface area (TPSA) is 58.6 Å². The van der Waals surface area contributed by atoms with Crippen LogP contribution in [0.5, 0.6) is 5.75 Å². The summed E-state index contributed by atoms with van der Waals surface area (Å²) < 4.78 is 5.06. The molecule has 4 nitrogen and oxygen atoms in total. The van der Waals surface area contributed by atoms with Crippen molar-refractivity contribution in [2.75, 3.05) is 6.61 Å². The fourth-order valence-corrected chi connectivity index (χ4v) is 1.87. The van der Waals surface area contributed by atoms with Crippen LogP contribution < -0.4 is 5.32 Å². The molecule has 0 saturated carbocycles. The molecule has 0 aliphatic heterocycles. The van der Waals surface area contributed by atoms with Crippen LogP contribution in [0.1, 0.15) is 32.8 Å². The molecule has 19 heavy (non-hydrogen) atoms. The minimum atomic E-state index is -0.334. The summed E-state index contributed by atoms with van der Waals surface area (Å²) in [6.07, 6.45) is 0.715. The molecule has 1 aromatic carbocycles. The first kappa shape index (κ1) is 15.5. The average molecular weight is 265 g/mol. The Kier molecular flexibility index (Phi) is 6.36. The van der Waals surface area contributed by atoms with Crippen LogP contribution in [0.2, 0.25) is 0 Å². The summed E-state index contributed by atoms with van der Waals surface area (Å²) in [6.45, 7) is 6.75. The number of esters is 1. The molecule has 2 N–H and O–H groups in total. The Balaban J connectivity index is 2.62. The Morgan fingerprint density at radius 3 is 2.63 bits per heavy atom. The van der Waals surface area contributed by atoms with Gasteiger partial charge in [0.1, 0.15) is 11.8 Å². The van der Waals surface area contributed by atoms with E-state index >= 15 is 0 Å². The first-order valence-corrected chi connectivity index (χ1v) is 6.71. The van der Waals surface area contributed by atoms with E-state index in [2.05, 4.69) is 19.2 Å². The normalized spacial score (nSPS) is 12.4. The molecule has 0 unspecified atom stereocenters. The van der Waals surface area contributed by atoms with Crippen LogP contribution in [0.15, 0.2) is 24.3 Å². The van der Waals surface area contributed by atoms with Crippen molar-refractivity contribution in [2.45, 2.75) is 39.8 Å². The van der Waals surface area contributed by atoms with E-state index in [0.29, 0.717) is 25.5 Å². The van der Waals surface area contributed by atoms with Gasteiger partial charge in [-0.25, -0.2) is 0 Å². The summed E-state index contributed by atoms with van der Waals surface area (Å²) in [5.41, 5.74) is 0.778. The van der Waals surface area contributed by atoms with E-state index in [0.717, 1.165) is 5.56 Å². The number of phenols is 1. The average Bonchev–Trinajstić information content (AvgIpc) is 2.36. The zero-order chi connectivity index (χ0) is 14.3. The van der Waals surface area contributed by atoms with Crippen LogP contribution in [0, 0.1) is 5.92 Å². The fraction of sp³-hybridized carbons (Fsp3) is 0.533. The van der Waals surface area contributed by atoms with Crippen LogP contribution in [0.25, 0.3) is 0 Å². The Hall–Kier alpha value is -1.55. The third-order valence-electron chi connectivity index (χ3n) is 2.81. The van der Waals surface area contributed by atoms with Gasteiger partial charge in [0.2, 0.25) is 0 Å². The van der Waals surface area contributed by atoms with Gasteiger partial charge in [-0.2, -0.15) is 0 Å². The number of benzene rings is 1. The third-order valence-corrected chi connectivity index (χ3v) is 2.81. The zero-order valence-electron chi connectivity index (χ0n) is 11.8. The van der Waals surface area contributed by atoms with Crippen molar-refractivity contribution in [3.63, 3.8) is 0 Å². The molecule has 0 aliphatic carbocycles. The lowest BCUT2D eigenvalue weighted by Gasteiger charge is -2.19. The third kappa shape index (κ3) is 5.30. The molecular formula is C15H23NO3. The fourth-order valence-electron chi connectivity index (χ4n) is 1.87. The predicted molar refractivity (Wildman–Crippen MR) is 74.8 cm³/mol. The molecule has 1 rings (SSSR count). The van der Waals surface area contributed by atoms with Crippen LogP contribution in [-0.4, -0.2) is 23.7 Å². The maximum Gasteiger partial charge on any atom is 0.323 e. The molecule has 0 aliphatic rings. The summed E-state index contributed by atoms with van der Waals surface area (Å²) in [7, 11) is 0. The van der Waals surface area contributed by atoms with Crippen molar-refractivity contribution in [2.24, 2.45) is 5.92 Å². The maximum absolute atomic E-state index is 11.8. The van der Waals surface area contributed by atoms with Gasteiger partial charge in [-0.3, -0.25) is 4.79 Å². The Bertz CT molecular complexity index is 404. The summed E-state index contributed by atoms with van der Waals surface area (Å²) >= 11 is 0. The highest BCUT2D eigenvalue weighted by Gasteiger charge is 2.20.